The molecular formula is C25H13Cl2NO3. The van der Waals surface area contributed by atoms with Crippen LogP contribution in [0.5, 0.6) is 0 Å². The van der Waals surface area contributed by atoms with Gasteiger partial charge in [0.1, 0.15) is 0 Å². The first-order valence-electron chi connectivity index (χ1n) is 9.45. The second kappa shape index (κ2) is 7.34. The van der Waals surface area contributed by atoms with Gasteiger partial charge in [0.05, 0.1) is 0 Å². The Bertz CT molecular complexity index is 1490. The third-order valence-electron chi connectivity index (χ3n) is 5.42. The highest BCUT2D eigenvalue weighted by molar-refractivity contribution is 6.69. The van der Waals surface area contributed by atoms with Gasteiger partial charge >= 0.3 is 0 Å². The molecule has 0 saturated heterocycles. The summed E-state index contributed by atoms with van der Waals surface area (Å²) < 4.78 is 0. The highest BCUT2D eigenvalue weighted by Gasteiger charge is 2.17. The summed E-state index contributed by atoms with van der Waals surface area (Å²) in [5.41, 5.74) is 0.871. The van der Waals surface area contributed by atoms with E-state index in [-0.39, 0.29) is 22.7 Å². The summed E-state index contributed by atoms with van der Waals surface area (Å²) in [6.45, 7) is 0. The van der Waals surface area contributed by atoms with Crippen LogP contribution in [-0.2, 0) is 0 Å². The van der Waals surface area contributed by atoms with Gasteiger partial charge in [-0.2, -0.15) is 0 Å². The molecule has 1 N–H and O–H groups in total. The van der Waals surface area contributed by atoms with E-state index in [0.29, 0.717) is 5.56 Å². The average molecular weight is 446 g/mol. The Morgan fingerprint density at radius 1 is 0.645 bits per heavy atom. The van der Waals surface area contributed by atoms with Crippen LogP contribution >= 0.6 is 23.2 Å². The van der Waals surface area contributed by atoms with Crippen LogP contribution in [0.1, 0.15) is 31.1 Å². The van der Waals surface area contributed by atoms with Gasteiger partial charge in [-0.1, -0.05) is 48.5 Å². The molecule has 4 nitrogen and oxygen atoms in total. The van der Waals surface area contributed by atoms with Crippen molar-refractivity contribution in [2.24, 2.45) is 0 Å². The number of rotatable bonds is 4. The molecule has 0 aliphatic heterocycles. The molecular weight excluding hydrogens is 433 g/mol. The van der Waals surface area contributed by atoms with Gasteiger partial charge in [-0.3, -0.25) is 14.4 Å². The quantitative estimate of drug-likeness (QED) is 0.250. The lowest BCUT2D eigenvalue weighted by molar-refractivity contribution is 0.102. The number of carbonyl (C=O) groups excluding carboxylic acids is 3. The fourth-order valence-corrected chi connectivity index (χ4v) is 4.28. The van der Waals surface area contributed by atoms with Crippen LogP contribution in [0.25, 0.3) is 32.3 Å². The largest absolute Gasteiger partial charge is 0.322 e. The maximum absolute atomic E-state index is 13.2. The number of amides is 1. The van der Waals surface area contributed by atoms with Crippen molar-refractivity contribution in [1.29, 1.82) is 0 Å². The van der Waals surface area contributed by atoms with Crippen LogP contribution in [0.15, 0.2) is 72.8 Å². The van der Waals surface area contributed by atoms with Crippen LogP contribution in [0.4, 0.5) is 5.69 Å². The van der Waals surface area contributed by atoms with Gasteiger partial charge in [-0.25, -0.2) is 0 Å². The third-order valence-corrected chi connectivity index (χ3v) is 5.85. The lowest BCUT2D eigenvalue weighted by atomic mass is 9.92. The first-order chi connectivity index (χ1) is 14.9. The molecule has 5 rings (SSSR count). The normalized spacial score (nSPS) is 11.3. The van der Waals surface area contributed by atoms with Gasteiger partial charge in [0, 0.05) is 22.4 Å². The van der Waals surface area contributed by atoms with E-state index >= 15 is 0 Å². The van der Waals surface area contributed by atoms with E-state index in [1.54, 1.807) is 6.07 Å². The highest BCUT2D eigenvalue weighted by atomic mass is 35.5. The molecule has 0 aromatic heterocycles. The Labute approximate surface area is 186 Å². The fourth-order valence-electron chi connectivity index (χ4n) is 4.06. The first kappa shape index (κ1) is 19.5. The highest BCUT2D eigenvalue weighted by Crippen LogP contribution is 2.36. The Morgan fingerprint density at radius 2 is 1.19 bits per heavy atom. The van der Waals surface area contributed by atoms with E-state index in [1.807, 2.05) is 42.5 Å². The van der Waals surface area contributed by atoms with Gasteiger partial charge < -0.3 is 5.32 Å². The molecule has 0 unspecified atom stereocenters. The summed E-state index contributed by atoms with van der Waals surface area (Å²) in [6.07, 6.45) is 0. The van der Waals surface area contributed by atoms with Crippen molar-refractivity contribution in [2.75, 3.05) is 5.32 Å². The Hall–Kier alpha value is -3.47. The summed E-state index contributed by atoms with van der Waals surface area (Å²) in [6, 6.07) is 21.9. The van der Waals surface area contributed by atoms with E-state index in [2.05, 4.69) is 11.4 Å². The van der Waals surface area contributed by atoms with Crippen molar-refractivity contribution >= 4 is 77.6 Å². The minimum atomic E-state index is -0.752. The molecule has 0 aliphatic carbocycles. The van der Waals surface area contributed by atoms with Crippen molar-refractivity contribution in [2.45, 2.75) is 0 Å². The molecule has 0 bridgehead atoms. The molecule has 150 valence electrons. The number of hydrogen-bond acceptors (Lipinski definition) is 3. The molecule has 0 saturated carbocycles. The van der Waals surface area contributed by atoms with Gasteiger partial charge in [0.15, 0.2) is 0 Å². The van der Waals surface area contributed by atoms with Crippen molar-refractivity contribution in [1.82, 2.24) is 0 Å². The number of nitrogens with one attached hydrogen (secondary N) is 1. The summed E-state index contributed by atoms with van der Waals surface area (Å²) >= 11 is 11.1. The van der Waals surface area contributed by atoms with Crippen LogP contribution in [0.2, 0.25) is 0 Å². The van der Waals surface area contributed by atoms with E-state index in [1.165, 1.54) is 18.2 Å². The smallest absolute Gasteiger partial charge is 0.256 e. The molecule has 6 heteroatoms. The third kappa shape index (κ3) is 3.30. The summed E-state index contributed by atoms with van der Waals surface area (Å²) in [7, 11) is 0. The van der Waals surface area contributed by atoms with Crippen molar-refractivity contribution in [3.8, 4) is 0 Å². The van der Waals surface area contributed by atoms with E-state index in [9.17, 15) is 14.4 Å². The lowest BCUT2D eigenvalue weighted by Crippen LogP contribution is -2.13. The molecule has 0 heterocycles. The maximum atomic E-state index is 13.2. The van der Waals surface area contributed by atoms with Crippen molar-refractivity contribution in [3.05, 3.63) is 89.5 Å². The zero-order valence-electron chi connectivity index (χ0n) is 15.9. The maximum Gasteiger partial charge on any atom is 0.256 e. The molecule has 0 aliphatic rings. The van der Waals surface area contributed by atoms with Crippen molar-refractivity contribution < 1.29 is 14.4 Å². The van der Waals surface area contributed by atoms with Gasteiger partial charge in [-0.15, -0.1) is 0 Å². The Morgan fingerprint density at radius 3 is 1.81 bits per heavy atom. The van der Waals surface area contributed by atoms with Crippen LogP contribution in [0, 0.1) is 0 Å². The topological polar surface area (TPSA) is 63.2 Å². The molecule has 5 aromatic rings. The van der Waals surface area contributed by atoms with Crippen LogP contribution < -0.4 is 5.32 Å². The van der Waals surface area contributed by atoms with Gasteiger partial charge in [-0.05, 0) is 79.8 Å². The second-order valence-corrected chi connectivity index (χ2v) is 7.96. The Kier molecular flexibility index (Phi) is 4.62. The molecule has 0 radical (unpaired) electrons. The summed E-state index contributed by atoms with van der Waals surface area (Å²) in [5, 5.41) is 7.45. The standard InChI is InChI=1S/C25H13Cl2NO3/c26-23(29)16-10-17(24(27)30)12-18(11-16)28-25(31)20-9-7-15-5-4-13-2-1-3-14-6-8-19(20)22(15)21(13)14/h1-12H,(H,28,31). The number of hydrogen-bond donors (Lipinski definition) is 1. The summed E-state index contributed by atoms with van der Waals surface area (Å²) in [5.74, 6) is -0.370. The molecule has 1 amide bonds. The minimum absolute atomic E-state index is 0.0684. The number of benzene rings is 5. The predicted molar refractivity (Wildman–Crippen MR) is 125 cm³/mol. The van der Waals surface area contributed by atoms with E-state index in [0.717, 1.165) is 32.3 Å². The predicted octanol–water partition coefficient (Wildman–Crippen LogP) is 6.59. The minimum Gasteiger partial charge on any atom is -0.322 e. The van der Waals surface area contributed by atoms with Crippen molar-refractivity contribution in [3.63, 3.8) is 0 Å². The molecule has 0 fully saturated rings. The average Bonchev–Trinajstić information content (AvgIpc) is 2.77. The van der Waals surface area contributed by atoms with Crippen LogP contribution in [0.3, 0.4) is 0 Å². The number of halogens is 2. The van der Waals surface area contributed by atoms with Gasteiger partial charge in [0.25, 0.3) is 16.4 Å². The fraction of sp³-hybridized carbons (Fsp3) is 0. The molecule has 31 heavy (non-hydrogen) atoms. The SMILES string of the molecule is O=C(Cl)c1cc(NC(=O)c2ccc3ccc4cccc5ccc2c3c45)cc(C(=O)Cl)c1. The molecule has 0 atom stereocenters. The second-order valence-electron chi connectivity index (χ2n) is 7.27. The first-order valence-corrected chi connectivity index (χ1v) is 10.2. The van der Waals surface area contributed by atoms with Crippen LogP contribution in [-0.4, -0.2) is 16.4 Å². The Balaban J connectivity index is 1.64. The number of carbonyl (C=O) groups is 3. The number of anilines is 1. The lowest BCUT2D eigenvalue weighted by Gasteiger charge is -2.14. The molecule has 5 aromatic carbocycles. The zero-order valence-corrected chi connectivity index (χ0v) is 17.4. The van der Waals surface area contributed by atoms with E-state index in [4.69, 9.17) is 23.2 Å². The summed E-state index contributed by atoms with van der Waals surface area (Å²) in [4.78, 5) is 36.4. The van der Waals surface area contributed by atoms with Gasteiger partial charge in [0.2, 0.25) is 0 Å². The zero-order chi connectivity index (χ0) is 21.7. The monoisotopic (exact) mass is 445 g/mol. The molecule has 0 spiro atoms. The van der Waals surface area contributed by atoms with E-state index < -0.39 is 10.5 Å².